The summed E-state index contributed by atoms with van der Waals surface area (Å²) in [5, 5.41) is 1.25. The van der Waals surface area contributed by atoms with Gasteiger partial charge in [0.15, 0.2) is 11.5 Å². The first-order valence-electron chi connectivity index (χ1n) is 9.06. The average molecular weight is 492 g/mol. The fourth-order valence-corrected chi connectivity index (χ4v) is 3.54. The Hall–Kier alpha value is -2.55. The maximum atomic E-state index is 12.7. The predicted octanol–water partition coefficient (Wildman–Crippen LogP) is 3.94. The number of hydrogen-bond donors (Lipinski definition) is 1. The standard InChI is InChI=1S/C21H21IN2O4/c1-3-10-28-19-17(22)12-14(13-18(19)27-4-2)11-16-20(25)23-24(21(16)26)15-8-6-5-7-9-15/h5-9,11-13H,3-4,10H2,1-2H3,(H,23,25)/b16-11-. The summed E-state index contributed by atoms with van der Waals surface area (Å²) in [7, 11) is 0. The van der Waals surface area contributed by atoms with Gasteiger partial charge in [0.25, 0.3) is 11.8 Å². The number of nitrogens with zero attached hydrogens (tertiary/aromatic N) is 1. The molecule has 0 unspecified atom stereocenters. The van der Waals surface area contributed by atoms with Gasteiger partial charge in [-0.05, 0) is 71.8 Å². The normalized spacial score (nSPS) is 15.1. The summed E-state index contributed by atoms with van der Waals surface area (Å²) in [6.07, 6.45) is 2.46. The maximum Gasteiger partial charge on any atom is 0.282 e. The van der Waals surface area contributed by atoms with Gasteiger partial charge < -0.3 is 9.47 Å². The summed E-state index contributed by atoms with van der Waals surface area (Å²) in [5.41, 5.74) is 3.98. The molecule has 0 spiro atoms. The molecule has 0 aliphatic carbocycles. The Bertz CT molecular complexity index is 912. The number of rotatable bonds is 7. The number of benzene rings is 2. The SMILES string of the molecule is CCCOc1c(I)cc(/C=C2/C(=O)NN(c3ccccc3)C2=O)cc1OCC. The fourth-order valence-electron chi connectivity index (χ4n) is 2.76. The van der Waals surface area contributed by atoms with Crippen LogP contribution in [0.1, 0.15) is 25.8 Å². The summed E-state index contributed by atoms with van der Waals surface area (Å²) in [6, 6.07) is 12.6. The van der Waals surface area contributed by atoms with Crippen molar-refractivity contribution in [1.82, 2.24) is 5.43 Å². The molecule has 0 saturated carbocycles. The number of ether oxygens (including phenoxy) is 2. The van der Waals surface area contributed by atoms with Crippen molar-refractivity contribution in [3.63, 3.8) is 0 Å². The zero-order chi connectivity index (χ0) is 20.1. The van der Waals surface area contributed by atoms with Crippen molar-refractivity contribution >= 4 is 46.2 Å². The Morgan fingerprint density at radius 3 is 2.54 bits per heavy atom. The minimum absolute atomic E-state index is 0.0735. The van der Waals surface area contributed by atoms with Gasteiger partial charge in [0, 0.05) is 0 Å². The van der Waals surface area contributed by atoms with Crippen LogP contribution in [0.2, 0.25) is 0 Å². The summed E-state index contributed by atoms with van der Waals surface area (Å²) in [5.74, 6) is 0.448. The second-order valence-electron chi connectivity index (χ2n) is 6.09. The van der Waals surface area contributed by atoms with E-state index in [4.69, 9.17) is 9.47 Å². The van der Waals surface area contributed by atoms with Gasteiger partial charge >= 0.3 is 0 Å². The zero-order valence-corrected chi connectivity index (χ0v) is 17.9. The minimum atomic E-state index is -0.437. The van der Waals surface area contributed by atoms with Gasteiger partial charge in [0.05, 0.1) is 22.5 Å². The van der Waals surface area contributed by atoms with Crippen LogP contribution < -0.4 is 19.9 Å². The van der Waals surface area contributed by atoms with Crippen LogP contribution in [0.3, 0.4) is 0 Å². The number of hydrogen-bond acceptors (Lipinski definition) is 4. The molecule has 0 atom stereocenters. The Morgan fingerprint density at radius 2 is 1.86 bits per heavy atom. The van der Waals surface area contributed by atoms with Crippen molar-refractivity contribution in [1.29, 1.82) is 0 Å². The quantitative estimate of drug-likeness (QED) is 0.361. The zero-order valence-electron chi connectivity index (χ0n) is 15.7. The number of anilines is 1. The maximum absolute atomic E-state index is 12.7. The number of amides is 2. The van der Waals surface area contributed by atoms with Crippen molar-refractivity contribution in [2.24, 2.45) is 0 Å². The molecule has 0 aromatic heterocycles. The number of nitrogens with one attached hydrogen (secondary N) is 1. The highest BCUT2D eigenvalue weighted by molar-refractivity contribution is 14.1. The highest BCUT2D eigenvalue weighted by Gasteiger charge is 2.34. The molecular weight excluding hydrogens is 471 g/mol. The molecule has 2 aromatic rings. The van der Waals surface area contributed by atoms with E-state index in [1.165, 1.54) is 5.01 Å². The lowest BCUT2D eigenvalue weighted by atomic mass is 10.1. The van der Waals surface area contributed by atoms with Gasteiger partial charge in [-0.1, -0.05) is 25.1 Å². The van der Waals surface area contributed by atoms with Gasteiger partial charge in [-0.2, -0.15) is 0 Å². The van der Waals surface area contributed by atoms with E-state index in [-0.39, 0.29) is 5.57 Å². The van der Waals surface area contributed by atoms with Crippen molar-refractivity contribution in [2.75, 3.05) is 18.2 Å². The largest absolute Gasteiger partial charge is 0.490 e. The Labute approximate surface area is 177 Å². The van der Waals surface area contributed by atoms with Crippen molar-refractivity contribution < 1.29 is 19.1 Å². The molecular formula is C21H21IN2O4. The van der Waals surface area contributed by atoms with E-state index in [0.29, 0.717) is 36.0 Å². The fraction of sp³-hybridized carbons (Fsp3) is 0.238. The van der Waals surface area contributed by atoms with Crippen molar-refractivity contribution in [3.8, 4) is 11.5 Å². The van der Waals surface area contributed by atoms with E-state index in [9.17, 15) is 9.59 Å². The highest BCUT2D eigenvalue weighted by Crippen LogP contribution is 2.35. The molecule has 28 heavy (non-hydrogen) atoms. The second-order valence-corrected chi connectivity index (χ2v) is 7.25. The summed E-state index contributed by atoms with van der Waals surface area (Å²) in [4.78, 5) is 25.1. The minimum Gasteiger partial charge on any atom is -0.490 e. The van der Waals surface area contributed by atoms with E-state index in [1.807, 2.05) is 38.1 Å². The van der Waals surface area contributed by atoms with Crippen LogP contribution in [-0.4, -0.2) is 25.0 Å². The Kier molecular flexibility index (Phi) is 6.56. The average Bonchev–Trinajstić information content (AvgIpc) is 2.96. The third-order valence-corrected chi connectivity index (χ3v) is 4.80. The lowest BCUT2D eigenvalue weighted by Gasteiger charge is -2.14. The first-order valence-corrected chi connectivity index (χ1v) is 10.1. The summed E-state index contributed by atoms with van der Waals surface area (Å²) in [6.45, 7) is 5.01. The number of hydrazine groups is 1. The van der Waals surface area contributed by atoms with Crippen LogP contribution >= 0.6 is 22.6 Å². The molecule has 1 aliphatic heterocycles. The Morgan fingerprint density at radius 1 is 1.11 bits per heavy atom. The van der Waals surface area contributed by atoms with Crippen molar-refractivity contribution in [2.45, 2.75) is 20.3 Å². The molecule has 146 valence electrons. The molecule has 1 aliphatic rings. The van der Waals surface area contributed by atoms with E-state index in [1.54, 1.807) is 24.3 Å². The second kappa shape index (κ2) is 9.09. The molecule has 1 fully saturated rings. The van der Waals surface area contributed by atoms with Gasteiger partial charge in [0.2, 0.25) is 0 Å². The molecule has 0 bridgehead atoms. The Balaban J connectivity index is 1.94. The van der Waals surface area contributed by atoms with E-state index in [0.717, 1.165) is 9.99 Å². The molecule has 0 radical (unpaired) electrons. The molecule has 2 amide bonds. The molecule has 1 heterocycles. The van der Waals surface area contributed by atoms with Crippen LogP contribution in [0.4, 0.5) is 5.69 Å². The molecule has 3 rings (SSSR count). The smallest absolute Gasteiger partial charge is 0.282 e. The van der Waals surface area contributed by atoms with Crippen LogP contribution in [0.5, 0.6) is 11.5 Å². The third kappa shape index (κ3) is 4.30. The van der Waals surface area contributed by atoms with Crippen LogP contribution in [-0.2, 0) is 9.59 Å². The van der Waals surface area contributed by atoms with E-state index in [2.05, 4.69) is 28.0 Å². The predicted molar refractivity (Wildman–Crippen MR) is 116 cm³/mol. The first kappa shape index (κ1) is 20.2. The van der Waals surface area contributed by atoms with E-state index < -0.39 is 11.8 Å². The number of carbonyl (C=O) groups is 2. The lowest BCUT2D eigenvalue weighted by Crippen LogP contribution is -2.35. The summed E-state index contributed by atoms with van der Waals surface area (Å²) < 4.78 is 12.4. The van der Waals surface area contributed by atoms with Gasteiger partial charge in [-0.15, -0.1) is 0 Å². The van der Waals surface area contributed by atoms with Crippen LogP contribution in [0.15, 0.2) is 48.0 Å². The molecule has 7 heteroatoms. The van der Waals surface area contributed by atoms with Gasteiger partial charge in [-0.3, -0.25) is 15.0 Å². The number of para-hydroxylation sites is 1. The monoisotopic (exact) mass is 492 g/mol. The molecule has 1 N–H and O–H groups in total. The van der Waals surface area contributed by atoms with Crippen LogP contribution in [0, 0.1) is 3.57 Å². The van der Waals surface area contributed by atoms with Crippen molar-refractivity contribution in [3.05, 3.63) is 57.2 Å². The molecule has 1 saturated heterocycles. The van der Waals surface area contributed by atoms with E-state index >= 15 is 0 Å². The van der Waals surface area contributed by atoms with Gasteiger partial charge in [-0.25, -0.2) is 5.01 Å². The lowest BCUT2D eigenvalue weighted by molar-refractivity contribution is -0.117. The van der Waals surface area contributed by atoms with Crippen LogP contribution in [0.25, 0.3) is 6.08 Å². The molecule has 2 aromatic carbocycles. The van der Waals surface area contributed by atoms with Gasteiger partial charge in [0.1, 0.15) is 5.57 Å². The third-order valence-electron chi connectivity index (χ3n) is 4.00. The molecule has 6 nitrogen and oxygen atoms in total. The number of halogens is 1. The summed E-state index contributed by atoms with van der Waals surface area (Å²) >= 11 is 2.17. The topological polar surface area (TPSA) is 67.9 Å². The first-order chi connectivity index (χ1) is 13.5. The number of carbonyl (C=O) groups excluding carboxylic acids is 2. The highest BCUT2D eigenvalue weighted by atomic mass is 127.